The summed E-state index contributed by atoms with van der Waals surface area (Å²) in [5, 5.41) is 2.30. The standard InChI is InChI=1S/C22H19F3N2O2S2/c1-14-7-2-3-8-15(14)13-18-20(29)27(21(30)31-18)12-6-11-19(28)26-17-10-5-4-9-16(17)22(23,24)25/h2-5,7-10,13H,6,11-12H2,1H3,(H,26,28)/b18-13-. The Hall–Kier alpha value is -2.65. The summed E-state index contributed by atoms with van der Waals surface area (Å²) < 4.78 is 39.5. The second kappa shape index (κ2) is 9.65. The molecule has 1 aliphatic heterocycles. The van der Waals surface area contributed by atoms with Crippen LogP contribution in [-0.2, 0) is 15.8 Å². The number of hydrogen-bond donors (Lipinski definition) is 1. The number of anilines is 1. The van der Waals surface area contributed by atoms with Crippen molar-refractivity contribution in [2.75, 3.05) is 11.9 Å². The predicted molar refractivity (Wildman–Crippen MR) is 120 cm³/mol. The van der Waals surface area contributed by atoms with Gasteiger partial charge in [0.2, 0.25) is 5.91 Å². The van der Waals surface area contributed by atoms with Crippen molar-refractivity contribution in [3.05, 3.63) is 70.1 Å². The van der Waals surface area contributed by atoms with Crippen LogP contribution in [-0.4, -0.2) is 27.6 Å². The molecule has 0 aromatic heterocycles. The fraction of sp³-hybridized carbons (Fsp3) is 0.227. The second-order valence-corrected chi connectivity index (χ2v) is 8.56. The molecule has 0 aliphatic carbocycles. The maximum absolute atomic E-state index is 13.0. The van der Waals surface area contributed by atoms with Gasteiger partial charge in [0.25, 0.3) is 5.91 Å². The van der Waals surface area contributed by atoms with Crippen molar-refractivity contribution in [1.29, 1.82) is 0 Å². The number of thioether (sulfide) groups is 1. The largest absolute Gasteiger partial charge is 0.418 e. The van der Waals surface area contributed by atoms with Crippen LogP contribution in [0.3, 0.4) is 0 Å². The highest BCUT2D eigenvalue weighted by Crippen LogP contribution is 2.35. The maximum Gasteiger partial charge on any atom is 0.418 e. The Kier molecular flexibility index (Phi) is 7.17. The first kappa shape index (κ1) is 23.0. The molecule has 0 spiro atoms. The van der Waals surface area contributed by atoms with Crippen molar-refractivity contribution >= 4 is 51.9 Å². The van der Waals surface area contributed by atoms with Crippen LogP contribution in [0.15, 0.2) is 53.4 Å². The Morgan fingerprint density at radius 3 is 2.55 bits per heavy atom. The topological polar surface area (TPSA) is 49.4 Å². The lowest BCUT2D eigenvalue weighted by Gasteiger charge is -2.15. The first-order valence-electron chi connectivity index (χ1n) is 9.44. The van der Waals surface area contributed by atoms with E-state index in [2.05, 4.69) is 5.32 Å². The van der Waals surface area contributed by atoms with Gasteiger partial charge in [-0.15, -0.1) is 0 Å². The Morgan fingerprint density at radius 1 is 1.16 bits per heavy atom. The third kappa shape index (κ3) is 5.74. The molecule has 1 fully saturated rings. The maximum atomic E-state index is 13.0. The second-order valence-electron chi connectivity index (χ2n) is 6.89. The summed E-state index contributed by atoms with van der Waals surface area (Å²) >= 11 is 6.48. The summed E-state index contributed by atoms with van der Waals surface area (Å²) in [7, 11) is 0. The van der Waals surface area contributed by atoms with E-state index in [4.69, 9.17) is 12.2 Å². The molecule has 1 N–H and O–H groups in total. The molecule has 2 aromatic carbocycles. The lowest BCUT2D eigenvalue weighted by Crippen LogP contribution is -2.29. The number of carbonyl (C=O) groups is 2. The molecule has 2 aromatic rings. The molecule has 2 amide bonds. The molecular formula is C22H19F3N2O2S2. The van der Waals surface area contributed by atoms with Gasteiger partial charge in [-0.1, -0.05) is 60.4 Å². The number of para-hydroxylation sites is 1. The van der Waals surface area contributed by atoms with Crippen LogP contribution in [0.4, 0.5) is 18.9 Å². The highest BCUT2D eigenvalue weighted by atomic mass is 32.2. The van der Waals surface area contributed by atoms with E-state index in [1.165, 1.54) is 34.9 Å². The van der Waals surface area contributed by atoms with Gasteiger partial charge < -0.3 is 5.32 Å². The SMILES string of the molecule is Cc1ccccc1/C=C1\SC(=S)N(CCCC(=O)Nc2ccccc2C(F)(F)F)C1=O. The van der Waals surface area contributed by atoms with Gasteiger partial charge in [-0.2, -0.15) is 13.2 Å². The van der Waals surface area contributed by atoms with Crippen molar-refractivity contribution < 1.29 is 22.8 Å². The average Bonchev–Trinajstić information content (AvgIpc) is 2.96. The highest BCUT2D eigenvalue weighted by molar-refractivity contribution is 8.26. The van der Waals surface area contributed by atoms with E-state index in [1.807, 2.05) is 31.2 Å². The zero-order valence-corrected chi connectivity index (χ0v) is 18.2. The smallest absolute Gasteiger partial charge is 0.326 e. The summed E-state index contributed by atoms with van der Waals surface area (Å²) in [6.45, 7) is 2.16. The van der Waals surface area contributed by atoms with Crippen molar-refractivity contribution in [2.24, 2.45) is 0 Å². The van der Waals surface area contributed by atoms with Gasteiger partial charge in [-0.3, -0.25) is 14.5 Å². The molecule has 1 aliphatic rings. The predicted octanol–water partition coefficient (Wildman–Crippen LogP) is 5.63. The van der Waals surface area contributed by atoms with Gasteiger partial charge in [0, 0.05) is 13.0 Å². The lowest BCUT2D eigenvalue weighted by molar-refractivity contribution is -0.137. The summed E-state index contributed by atoms with van der Waals surface area (Å²) in [5.41, 5.74) is 0.766. The van der Waals surface area contributed by atoms with Crippen LogP contribution in [0.2, 0.25) is 0 Å². The van der Waals surface area contributed by atoms with E-state index in [-0.39, 0.29) is 31.0 Å². The summed E-state index contributed by atoms with van der Waals surface area (Å²) in [6, 6.07) is 12.5. The zero-order valence-electron chi connectivity index (χ0n) is 16.5. The highest BCUT2D eigenvalue weighted by Gasteiger charge is 2.34. The molecule has 3 rings (SSSR count). The van der Waals surface area contributed by atoms with Crippen LogP contribution in [0.5, 0.6) is 0 Å². The van der Waals surface area contributed by atoms with Crippen LogP contribution >= 0.6 is 24.0 Å². The quantitative estimate of drug-likeness (QED) is 0.444. The number of nitrogens with one attached hydrogen (secondary N) is 1. The minimum absolute atomic E-state index is 0.0416. The molecule has 0 atom stereocenters. The summed E-state index contributed by atoms with van der Waals surface area (Å²) in [6.07, 6.45) is -2.55. The molecule has 1 saturated heterocycles. The molecule has 162 valence electrons. The van der Waals surface area contributed by atoms with E-state index in [0.717, 1.165) is 17.2 Å². The number of alkyl halides is 3. The third-order valence-corrected chi connectivity index (χ3v) is 6.02. The molecule has 0 radical (unpaired) electrons. The first-order valence-corrected chi connectivity index (χ1v) is 10.7. The number of amides is 2. The molecule has 31 heavy (non-hydrogen) atoms. The van der Waals surface area contributed by atoms with E-state index in [0.29, 0.717) is 9.23 Å². The van der Waals surface area contributed by atoms with E-state index < -0.39 is 17.6 Å². The van der Waals surface area contributed by atoms with Crippen LogP contribution < -0.4 is 5.32 Å². The zero-order chi connectivity index (χ0) is 22.6. The Morgan fingerprint density at radius 2 is 1.84 bits per heavy atom. The number of benzene rings is 2. The lowest BCUT2D eigenvalue weighted by atomic mass is 10.1. The number of carbonyl (C=O) groups excluding carboxylic acids is 2. The molecule has 1 heterocycles. The minimum Gasteiger partial charge on any atom is -0.326 e. The van der Waals surface area contributed by atoms with Gasteiger partial charge in [-0.25, -0.2) is 0 Å². The number of halogens is 3. The number of thiocarbonyl (C=S) groups is 1. The van der Waals surface area contributed by atoms with Gasteiger partial charge >= 0.3 is 6.18 Å². The summed E-state index contributed by atoms with van der Waals surface area (Å²) in [4.78, 5) is 26.7. The van der Waals surface area contributed by atoms with E-state index >= 15 is 0 Å². The van der Waals surface area contributed by atoms with Crippen molar-refractivity contribution in [2.45, 2.75) is 25.9 Å². The van der Waals surface area contributed by atoms with E-state index in [9.17, 15) is 22.8 Å². The number of rotatable bonds is 6. The fourth-order valence-corrected chi connectivity index (χ4v) is 4.33. The first-order chi connectivity index (χ1) is 14.7. The number of aryl methyl sites for hydroxylation is 1. The van der Waals surface area contributed by atoms with Gasteiger partial charge in [-0.05, 0) is 42.7 Å². The van der Waals surface area contributed by atoms with Crippen LogP contribution in [0.25, 0.3) is 6.08 Å². The van der Waals surface area contributed by atoms with Gasteiger partial charge in [0.15, 0.2) is 0 Å². The molecule has 4 nitrogen and oxygen atoms in total. The Bertz CT molecular complexity index is 1050. The molecule has 9 heteroatoms. The number of nitrogens with zero attached hydrogens (tertiary/aromatic N) is 1. The van der Waals surface area contributed by atoms with Gasteiger partial charge in [0.05, 0.1) is 16.2 Å². The monoisotopic (exact) mass is 464 g/mol. The van der Waals surface area contributed by atoms with Crippen LogP contribution in [0.1, 0.15) is 29.5 Å². The van der Waals surface area contributed by atoms with Crippen molar-refractivity contribution in [3.63, 3.8) is 0 Å². The normalized spacial score (nSPS) is 15.6. The average molecular weight is 465 g/mol. The van der Waals surface area contributed by atoms with Crippen LogP contribution in [0, 0.1) is 6.92 Å². The Balaban J connectivity index is 1.58. The van der Waals surface area contributed by atoms with Crippen molar-refractivity contribution in [3.8, 4) is 0 Å². The molecule has 0 bridgehead atoms. The molecular weight excluding hydrogens is 445 g/mol. The minimum atomic E-state index is -4.56. The molecule has 0 unspecified atom stereocenters. The third-order valence-electron chi connectivity index (χ3n) is 4.64. The fourth-order valence-electron chi connectivity index (χ4n) is 3.03. The van der Waals surface area contributed by atoms with Crippen molar-refractivity contribution in [1.82, 2.24) is 4.90 Å². The summed E-state index contributed by atoms with van der Waals surface area (Å²) in [5.74, 6) is -0.793. The van der Waals surface area contributed by atoms with E-state index in [1.54, 1.807) is 6.08 Å². The Labute approximate surface area is 187 Å². The van der Waals surface area contributed by atoms with Gasteiger partial charge in [0.1, 0.15) is 4.32 Å². The molecule has 0 saturated carbocycles. The number of hydrogen-bond acceptors (Lipinski definition) is 4.